The zero-order valence-electron chi connectivity index (χ0n) is 12.3. The van der Waals surface area contributed by atoms with Crippen molar-refractivity contribution in [1.29, 1.82) is 0 Å². The van der Waals surface area contributed by atoms with Crippen LogP contribution in [-0.4, -0.2) is 58.0 Å². The summed E-state index contributed by atoms with van der Waals surface area (Å²) in [7, 11) is 0. The van der Waals surface area contributed by atoms with Crippen LogP contribution in [-0.2, 0) is 6.54 Å². The molecule has 2 fully saturated rings. The zero-order chi connectivity index (χ0) is 14.9. The molecule has 1 aromatic heterocycles. The molecule has 6 nitrogen and oxygen atoms in total. The van der Waals surface area contributed by atoms with Crippen LogP contribution in [0.2, 0.25) is 0 Å². The number of likely N-dealkylation sites (tertiary alicyclic amines) is 1. The summed E-state index contributed by atoms with van der Waals surface area (Å²) in [5.74, 6) is 0.909. The maximum absolute atomic E-state index is 11.6. The van der Waals surface area contributed by atoms with Crippen LogP contribution in [0, 0.1) is 0 Å². The SMILES string of the molecule is O=C1NCCN1C1CN(Cc2cnc(-c3ccccc3)[nH]2)C1. The number of carbonyl (C=O) groups excluding carboxylic acids is 1. The number of carbonyl (C=O) groups is 1. The van der Waals surface area contributed by atoms with Crippen molar-refractivity contribution in [3.05, 3.63) is 42.2 Å². The van der Waals surface area contributed by atoms with Gasteiger partial charge in [-0.2, -0.15) is 0 Å². The molecule has 0 bridgehead atoms. The highest BCUT2D eigenvalue weighted by Gasteiger charge is 2.36. The number of hydrogen-bond acceptors (Lipinski definition) is 3. The van der Waals surface area contributed by atoms with Gasteiger partial charge in [-0.1, -0.05) is 30.3 Å². The van der Waals surface area contributed by atoms with E-state index in [4.69, 9.17) is 0 Å². The second-order valence-electron chi connectivity index (χ2n) is 5.90. The van der Waals surface area contributed by atoms with Gasteiger partial charge < -0.3 is 15.2 Å². The summed E-state index contributed by atoms with van der Waals surface area (Å²) in [4.78, 5) is 23.7. The van der Waals surface area contributed by atoms with Gasteiger partial charge in [0.25, 0.3) is 0 Å². The van der Waals surface area contributed by atoms with E-state index in [0.717, 1.165) is 49.8 Å². The van der Waals surface area contributed by atoms with Gasteiger partial charge in [-0.05, 0) is 0 Å². The maximum Gasteiger partial charge on any atom is 0.317 e. The third-order valence-corrected chi connectivity index (χ3v) is 4.34. The predicted octanol–water partition coefficient (Wildman–Crippen LogP) is 1.29. The molecule has 2 amide bonds. The first-order valence-corrected chi connectivity index (χ1v) is 7.66. The Bertz CT molecular complexity index is 662. The molecule has 6 heteroatoms. The van der Waals surface area contributed by atoms with Crippen LogP contribution in [0.3, 0.4) is 0 Å². The fraction of sp³-hybridized carbons (Fsp3) is 0.375. The van der Waals surface area contributed by atoms with E-state index in [-0.39, 0.29) is 6.03 Å². The van der Waals surface area contributed by atoms with Gasteiger partial charge in [-0.3, -0.25) is 4.90 Å². The number of urea groups is 1. The topological polar surface area (TPSA) is 64.3 Å². The van der Waals surface area contributed by atoms with Crippen LogP contribution < -0.4 is 5.32 Å². The molecule has 2 saturated heterocycles. The molecule has 0 atom stereocenters. The molecule has 22 heavy (non-hydrogen) atoms. The van der Waals surface area contributed by atoms with Crippen LogP contribution in [0.15, 0.2) is 36.5 Å². The molecule has 0 aliphatic carbocycles. The van der Waals surface area contributed by atoms with E-state index in [9.17, 15) is 4.79 Å². The Morgan fingerprint density at radius 2 is 2.05 bits per heavy atom. The number of nitrogens with zero attached hydrogens (tertiary/aromatic N) is 3. The molecule has 3 heterocycles. The van der Waals surface area contributed by atoms with Gasteiger partial charge in [-0.25, -0.2) is 9.78 Å². The number of amides is 2. The van der Waals surface area contributed by atoms with E-state index in [1.807, 2.05) is 41.4 Å². The third-order valence-electron chi connectivity index (χ3n) is 4.34. The van der Waals surface area contributed by atoms with E-state index in [1.54, 1.807) is 0 Å². The average Bonchev–Trinajstić information content (AvgIpc) is 3.13. The van der Waals surface area contributed by atoms with Crippen molar-refractivity contribution in [2.24, 2.45) is 0 Å². The molecule has 0 radical (unpaired) electrons. The minimum atomic E-state index is 0.0811. The standard InChI is InChI=1S/C16H19N5O/c22-16-17-6-7-21(16)14-10-20(11-14)9-13-8-18-15(19-13)12-4-2-1-3-5-12/h1-5,8,14H,6-7,9-11H2,(H,17,22)(H,18,19). The van der Waals surface area contributed by atoms with Gasteiger partial charge in [-0.15, -0.1) is 0 Å². The Kier molecular flexibility index (Phi) is 3.31. The normalized spacial score (nSPS) is 19.3. The van der Waals surface area contributed by atoms with E-state index < -0.39 is 0 Å². The average molecular weight is 297 g/mol. The minimum Gasteiger partial charge on any atom is -0.341 e. The fourth-order valence-electron chi connectivity index (χ4n) is 3.13. The Hall–Kier alpha value is -2.34. The van der Waals surface area contributed by atoms with Gasteiger partial charge in [0.15, 0.2) is 0 Å². The second-order valence-corrected chi connectivity index (χ2v) is 5.90. The lowest BCUT2D eigenvalue weighted by Crippen LogP contribution is -2.59. The first-order chi connectivity index (χ1) is 10.8. The third kappa shape index (κ3) is 2.46. The molecule has 114 valence electrons. The van der Waals surface area contributed by atoms with Crippen LogP contribution >= 0.6 is 0 Å². The second kappa shape index (κ2) is 5.46. The van der Waals surface area contributed by atoms with Crippen LogP contribution in [0.25, 0.3) is 11.4 Å². The summed E-state index contributed by atoms with van der Waals surface area (Å²) >= 11 is 0. The maximum atomic E-state index is 11.6. The number of aromatic amines is 1. The number of benzene rings is 1. The molecule has 2 N–H and O–H groups in total. The first kappa shape index (κ1) is 13.3. The van der Waals surface area contributed by atoms with Crippen molar-refractivity contribution < 1.29 is 4.79 Å². The summed E-state index contributed by atoms with van der Waals surface area (Å²) in [5.41, 5.74) is 2.21. The Balaban J connectivity index is 1.34. The minimum absolute atomic E-state index is 0.0811. The van der Waals surface area contributed by atoms with Gasteiger partial charge in [0.05, 0.1) is 6.04 Å². The quantitative estimate of drug-likeness (QED) is 0.893. The van der Waals surface area contributed by atoms with Crippen molar-refractivity contribution in [3.63, 3.8) is 0 Å². The molecule has 0 unspecified atom stereocenters. The number of H-pyrrole nitrogens is 1. The fourth-order valence-corrected chi connectivity index (χ4v) is 3.13. The number of imidazole rings is 1. The van der Waals surface area contributed by atoms with Gasteiger partial charge in [0.1, 0.15) is 5.82 Å². The first-order valence-electron chi connectivity index (χ1n) is 7.66. The molecule has 4 rings (SSSR count). The molecular weight excluding hydrogens is 278 g/mol. The van der Waals surface area contributed by atoms with E-state index >= 15 is 0 Å². The summed E-state index contributed by atoms with van der Waals surface area (Å²) < 4.78 is 0. The zero-order valence-corrected chi connectivity index (χ0v) is 12.3. The van der Waals surface area contributed by atoms with E-state index in [2.05, 4.69) is 20.2 Å². The number of rotatable bonds is 4. The van der Waals surface area contributed by atoms with Crippen molar-refractivity contribution in [1.82, 2.24) is 25.1 Å². The lowest BCUT2D eigenvalue weighted by atomic mass is 10.1. The molecule has 2 aliphatic heterocycles. The summed E-state index contributed by atoms with van der Waals surface area (Å²) in [6.45, 7) is 4.34. The largest absolute Gasteiger partial charge is 0.341 e. The van der Waals surface area contributed by atoms with E-state index in [0.29, 0.717) is 6.04 Å². The molecule has 2 aliphatic rings. The number of hydrogen-bond donors (Lipinski definition) is 2. The van der Waals surface area contributed by atoms with Crippen molar-refractivity contribution in [3.8, 4) is 11.4 Å². The van der Waals surface area contributed by atoms with Crippen LogP contribution in [0.5, 0.6) is 0 Å². The molecule has 2 aromatic rings. The summed E-state index contributed by atoms with van der Waals surface area (Å²) in [6, 6.07) is 10.6. The predicted molar refractivity (Wildman–Crippen MR) is 83.2 cm³/mol. The smallest absolute Gasteiger partial charge is 0.317 e. The summed E-state index contributed by atoms with van der Waals surface area (Å²) in [5, 5.41) is 2.86. The highest BCUT2D eigenvalue weighted by atomic mass is 16.2. The lowest BCUT2D eigenvalue weighted by Gasteiger charge is -2.43. The Morgan fingerprint density at radius 3 is 2.77 bits per heavy atom. The number of aromatic nitrogens is 2. The molecule has 0 spiro atoms. The summed E-state index contributed by atoms with van der Waals surface area (Å²) in [6.07, 6.45) is 1.90. The monoisotopic (exact) mass is 297 g/mol. The van der Waals surface area contributed by atoms with Crippen molar-refractivity contribution >= 4 is 6.03 Å². The lowest BCUT2D eigenvalue weighted by molar-refractivity contribution is 0.0580. The Morgan fingerprint density at radius 1 is 1.23 bits per heavy atom. The van der Waals surface area contributed by atoms with Gasteiger partial charge in [0.2, 0.25) is 0 Å². The number of nitrogens with one attached hydrogen (secondary N) is 2. The molecule has 1 aromatic carbocycles. The van der Waals surface area contributed by atoms with Crippen molar-refractivity contribution in [2.75, 3.05) is 26.2 Å². The molecule has 0 saturated carbocycles. The van der Waals surface area contributed by atoms with Crippen LogP contribution in [0.4, 0.5) is 4.79 Å². The Labute approximate surface area is 129 Å². The molecular formula is C16H19N5O. The highest BCUT2D eigenvalue weighted by Crippen LogP contribution is 2.20. The van der Waals surface area contributed by atoms with E-state index in [1.165, 1.54) is 0 Å². The van der Waals surface area contributed by atoms with Gasteiger partial charge >= 0.3 is 6.03 Å². The highest BCUT2D eigenvalue weighted by molar-refractivity contribution is 5.76. The van der Waals surface area contributed by atoms with Gasteiger partial charge in [0, 0.05) is 50.2 Å². The van der Waals surface area contributed by atoms with Crippen LogP contribution in [0.1, 0.15) is 5.69 Å². The van der Waals surface area contributed by atoms with Crippen molar-refractivity contribution in [2.45, 2.75) is 12.6 Å².